The second-order valence-electron chi connectivity index (χ2n) is 6.55. The highest BCUT2D eigenvalue weighted by atomic mass is 19.1. The Morgan fingerprint density at radius 2 is 1.81 bits per heavy atom. The molecule has 0 saturated carbocycles. The Labute approximate surface area is 161 Å². The van der Waals surface area contributed by atoms with E-state index in [9.17, 15) is 4.39 Å². The van der Waals surface area contributed by atoms with Crippen molar-refractivity contribution in [2.24, 2.45) is 5.73 Å². The first kappa shape index (κ1) is 20.2. The van der Waals surface area contributed by atoms with Crippen LogP contribution in [0.25, 0.3) is 0 Å². The highest BCUT2D eigenvalue weighted by Gasteiger charge is 2.00. The van der Waals surface area contributed by atoms with Crippen molar-refractivity contribution in [1.29, 1.82) is 0 Å². The molecule has 0 saturated heterocycles. The minimum absolute atomic E-state index is 0.0863. The minimum atomic E-state index is -0.544. The van der Waals surface area contributed by atoms with Crippen molar-refractivity contribution in [2.75, 3.05) is 0 Å². The molecule has 0 spiro atoms. The highest BCUT2D eigenvalue weighted by Crippen LogP contribution is 2.12. The van der Waals surface area contributed by atoms with E-state index in [1.807, 2.05) is 38.2 Å². The molecule has 2 nitrogen and oxygen atoms in total. The molecule has 0 aliphatic carbocycles. The van der Waals surface area contributed by atoms with Gasteiger partial charge in [-0.25, -0.2) is 4.39 Å². The molecule has 1 aromatic heterocycles. The summed E-state index contributed by atoms with van der Waals surface area (Å²) in [5.41, 5.74) is 10.3. The van der Waals surface area contributed by atoms with Gasteiger partial charge in [-0.05, 0) is 56.0 Å². The molecule has 0 fully saturated rings. The largest absolute Gasteiger partial charge is 0.397 e. The Hall–Kier alpha value is -3.12. The van der Waals surface area contributed by atoms with Crippen molar-refractivity contribution < 1.29 is 4.39 Å². The van der Waals surface area contributed by atoms with E-state index in [4.69, 9.17) is 5.73 Å². The van der Waals surface area contributed by atoms with Gasteiger partial charge in [0.1, 0.15) is 5.83 Å². The molecule has 0 amide bonds. The zero-order valence-corrected chi connectivity index (χ0v) is 15.9. The van der Waals surface area contributed by atoms with E-state index in [1.54, 1.807) is 0 Å². The fourth-order valence-electron chi connectivity index (χ4n) is 2.41. The van der Waals surface area contributed by atoms with E-state index in [2.05, 4.69) is 47.7 Å². The number of benzene rings is 1. The summed E-state index contributed by atoms with van der Waals surface area (Å²) < 4.78 is 13.7. The smallest absolute Gasteiger partial charge is 0.146 e. The average Bonchev–Trinajstić information content (AvgIpc) is 2.67. The first-order valence-corrected chi connectivity index (χ1v) is 8.91. The molecular formula is C24H25FN2. The number of halogens is 1. The Bertz CT molecular complexity index is 891. The summed E-state index contributed by atoms with van der Waals surface area (Å²) >= 11 is 0. The third kappa shape index (κ3) is 6.95. The number of hydrogen-bond donors (Lipinski definition) is 1. The number of nitrogens with two attached hydrogens (primary N) is 1. The Morgan fingerprint density at radius 1 is 1.11 bits per heavy atom. The van der Waals surface area contributed by atoms with Crippen LogP contribution < -0.4 is 5.73 Å². The van der Waals surface area contributed by atoms with E-state index in [0.717, 1.165) is 29.7 Å². The van der Waals surface area contributed by atoms with Crippen LogP contribution in [-0.4, -0.2) is 4.98 Å². The van der Waals surface area contributed by atoms with Crippen molar-refractivity contribution >= 4 is 0 Å². The quantitative estimate of drug-likeness (QED) is 0.577. The molecule has 0 radical (unpaired) electrons. The van der Waals surface area contributed by atoms with Crippen molar-refractivity contribution in [2.45, 2.75) is 33.1 Å². The molecule has 0 aliphatic rings. The number of nitrogens with zero attached hydrogens (tertiary/aromatic N) is 1. The van der Waals surface area contributed by atoms with Gasteiger partial charge in [0.05, 0.1) is 5.70 Å². The van der Waals surface area contributed by atoms with Gasteiger partial charge < -0.3 is 5.73 Å². The van der Waals surface area contributed by atoms with Crippen LogP contribution in [0, 0.1) is 11.8 Å². The van der Waals surface area contributed by atoms with Gasteiger partial charge >= 0.3 is 0 Å². The third-order valence-corrected chi connectivity index (χ3v) is 4.05. The van der Waals surface area contributed by atoms with Gasteiger partial charge in [0, 0.05) is 23.9 Å². The lowest BCUT2D eigenvalue weighted by molar-refractivity contribution is 0.649. The van der Waals surface area contributed by atoms with Crippen LogP contribution in [0.3, 0.4) is 0 Å². The molecule has 138 valence electrons. The summed E-state index contributed by atoms with van der Waals surface area (Å²) in [6.45, 7) is 7.18. The molecule has 2 rings (SSSR count). The van der Waals surface area contributed by atoms with Crippen LogP contribution in [0.15, 0.2) is 84.0 Å². The van der Waals surface area contributed by atoms with Crippen LogP contribution >= 0.6 is 0 Å². The summed E-state index contributed by atoms with van der Waals surface area (Å²) in [5.74, 6) is 5.58. The summed E-state index contributed by atoms with van der Waals surface area (Å²) in [6.07, 6.45) is 5.65. The van der Waals surface area contributed by atoms with Crippen LogP contribution in [-0.2, 0) is 19.3 Å². The maximum absolute atomic E-state index is 13.7. The standard InChI is InChI=1S/C24H25FN2/c1-18(2)22(17-24(25)19(3)26)8-6-7-20-10-12-21(13-11-20)14-15-23-9-4-5-16-27-23/h4-5,9-13,16-17H,3,7,14-15,26H2,1-2H3/b24-17+. The third-order valence-electron chi connectivity index (χ3n) is 4.05. The van der Waals surface area contributed by atoms with Crippen LogP contribution in [0.5, 0.6) is 0 Å². The van der Waals surface area contributed by atoms with E-state index in [0.29, 0.717) is 12.0 Å². The maximum Gasteiger partial charge on any atom is 0.146 e. The van der Waals surface area contributed by atoms with Gasteiger partial charge in [-0.2, -0.15) is 0 Å². The van der Waals surface area contributed by atoms with Crippen LogP contribution in [0.2, 0.25) is 0 Å². The predicted molar refractivity (Wildman–Crippen MR) is 110 cm³/mol. The maximum atomic E-state index is 13.7. The van der Waals surface area contributed by atoms with Crippen molar-refractivity contribution in [3.63, 3.8) is 0 Å². The van der Waals surface area contributed by atoms with Crippen LogP contribution in [0.4, 0.5) is 4.39 Å². The molecule has 2 aromatic rings. The number of hydrogen-bond acceptors (Lipinski definition) is 2. The molecule has 3 heteroatoms. The molecule has 1 heterocycles. The number of aromatic nitrogens is 1. The van der Waals surface area contributed by atoms with Gasteiger partial charge in [-0.1, -0.05) is 54.3 Å². The molecule has 0 unspecified atom stereocenters. The normalized spacial score (nSPS) is 10.7. The molecule has 0 atom stereocenters. The van der Waals surface area contributed by atoms with Gasteiger partial charge in [0.15, 0.2) is 0 Å². The van der Waals surface area contributed by atoms with E-state index >= 15 is 0 Å². The van der Waals surface area contributed by atoms with Crippen molar-refractivity contribution in [3.8, 4) is 11.8 Å². The highest BCUT2D eigenvalue weighted by molar-refractivity contribution is 5.45. The first-order chi connectivity index (χ1) is 13.0. The van der Waals surface area contributed by atoms with Gasteiger partial charge in [-0.15, -0.1) is 0 Å². The molecule has 27 heavy (non-hydrogen) atoms. The van der Waals surface area contributed by atoms with Crippen molar-refractivity contribution in [1.82, 2.24) is 4.98 Å². The zero-order valence-electron chi connectivity index (χ0n) is 15.9. The zero-order chi connectivity index (χ0) is 19.6. The second kappa shape index (κ2) is 10.1. The molecular weight excluding hydrogens is 335 g/mol. The van der Waals surface area contributed by atoms with Gasteiger partial charge in [-0.3, -0.25) is 4.98 Å². The lowest BCUT2D eigenvalue weighted by Gasteiger charge is -2.03. The predicted octanol–water partition coefficient (Wildman–Crippen LogP) is 5.07. The summed E-state index contributed by atoms with van der Waals surface area (Å²) in [4.78, 5) is 4.35. The van der Waals surface area contributed by atoms with Crippen molar-refractivity contribution in [3.05, 3.63) is 101 Å². The van der Waals surface area contributed by atoms with E-state index in [-0.39, 0.29) is 5.70 Å². The van der Waals surface area contributed by atoms with Gasteiger partial charge in [0.2, 0.25) is 0 Å². The molecule has 1 aromatic carbocycles. The average molecular weight is 360 g/mol. The number of rotatable bonds is 6. The lowest BCUT2D eigenvalue weighted by atomic mass is 10.0. The van der Waals surface area contributed by atoms with Crippen LogP contribution in [0.1, 0.15) is 30.7 Å². The molecule has 0 bridgehead atoms. The number of pyridine rings is 1. The topological polar surface area (TPSA) is 38.9 Å². The van der Waals surface area contributed by atoms with E-state index in [1.165, 1.54) is 11.6 Å². The summed E-state index contributed by atoms with van der Waals surface area (Å²) in [5, 5.41) is 0. The summed E-state index contributed by atoms with van der Waals surface area (Å²) in [6, 6.07) is 14.4. The monoisotopic (exact) mass is 360 g/mol. The number of aryl methyl sites for hydroxylation is 2. The Kier molecular flexibility index (Phi) is 7.58. The fourth-order valence-corrected chi connectivity index (χ4v) is 2.41. The first-order valence-electron chi connectivity index (χ1n) is 8.91. The van der Waals surface area contributed by atoms with E-state index < -0.39 is 5.83 Å². The second-order valence-corrected chi connectivity index (χ2v) is 6.55. The fraction of sp³-hybridized carbons (Fsp3) is 0.208. The molecule has 0 aliphatic heterocycles. The Balaban J connectivity index is 1.97. The molecule has 2 N–H and O–H groups in total. The Morgan fingerprint density at radius 3 is 2.41 bits per heavy atom. The summed E-state index contributed by atoms with van der Waals surface area (Å²) in [7, 11) is 0. The minimum Gasteiger partial charge on any atom is -0.397 e. The SMILES string of the molecule is C=C(N)/C(F)=C\C(C#CCc1ccc(CCc2ccccn2)cc1)=C(C)C. The number of allylic oxidation sites excluding steroid dienone is 4. The lowest BCUT2D eigenvalue weighted by Crippen LogP contribution is -1.95. The van der Waals surface area contributed by atoms with Gasteiger partial charge in [0.25, 0.3) is 0 Å².